The smallest absolute Gasteiger partial charge is 0.126 e. The van der Waals surface area contributed by atoms with E-state index in [2.05, 4.69) is 47.2 Å². The Balaban J connectivity index is 2.04. The van der Waals surface area contributed by atoms with E-state index in [9.17, 15) is 0 Å². The predicted octanol–water partition coefficient (Wildman–Crippen LogP) is 3.67. The van der Waals surface area contributed by atoms with Crippen LogP contribution in [0.1, 0.15) is 30.9 Å². The lowest BCUT2D eigenvalue weighted by Gasteiger charge is -2.23. The molecule has 1 aliphatic rings. The average Bonchev–Trinajstić information content (AvgIpc) is 2.45. The average molecular weight is 342 g/mol. The highest BCUT2D eigenvalue weighted by molar-refractivity contribution is 9.10. The minimum absolute atomic E-state index is 0.624. The maximum absolute atomic E-state index is 6.14. The molecule has 1 N–H and O–H groups in total. The summed E-state index contributed by atoms with van der Waals surface area (Å²) in [7, 11) is 0. The fourth-order valence-corrected chi connectivity index (χ4v) is 3.13. The van der Waals surface area contributed by atoms with Gasteiger partial charge in [-0.3, -0.25) is 0 Å². The first-order valence-corrected chi connectivity index (χ1v) is 8.20. The molecule has 0 bridgehead atoms. The van der Waals surface area contributed by atoms with Crippen LogP contribution >= 0.6 is 15.9 Å². The second-order valence-electron chi connectivity index (χ2n) is 5.36. The zero-order valence-corrected chi connectivity index (χ0v) is 14.0. The Kier molecular flexibility index (Phi) is 6.33. The predicted molar refractivity (Wildman–Crippen MR) is 85.3 cm³/mol. The van der Waals surface area contributed by atoms with Gasteiger partial charge in [0, 0.05) is 29.8 Å². The molecule has 1 aromatic rings. The SMILES string of the molecule is CCNCc1cc(Br)cc(C)c1OCC1CCOCC1. The second-order valence-corrected chi connectivity index (χ2v) is 6.27. The van der Waals surface area contributed by atoms with Crippen LogP contribution in [-0.2, 0) is 11.3 Å². The number of hydrogen-bond acceptors (Lipinski definition) is 3. The Bertz CT molecular complexity index is 431. The molecule has 1 aliphatic heterocycles. The van der Waals surface area contributed by atoms with E-state index in [1.165, 1.54) is 11.1 Å². The minimum atomic E-state index is 0.624. The molecule has 0 amide bonds. The van der Waals surface area contributed by atoms with E-state index >= 15 is 0 Å². The number of benzene rings is 1. The molecule has 1 fully saturated rings. The van der Waals surface area contributed by atoms with Crippen molar-refractivity contribution >= 4 is 15.9 Å². The normalized spacial score (nSPS) is 16.4. The first kappa shape index (κ1) is 15.8. The molecule has 0 saturated carbocycles. The van der Waals surface area contributed by atoms with Crippen LogP contribution in [0.2, 0.25) is 0 Å². The van der Waals surface area contributed by atoms with Crippen LogP contribution in [0, 0.1) is 12.8 Å². The third-order valence-corrected chi connectivity index (χ3v) is 4.14. The lowest BCUT2D eigenvalue weighted by Crippen LogP contribution is -2.22. The van der Waals surface area contributed by atoms with Crippen LogP contribution in [0.3, 0.4) is 0 Å². The fourth-order valence-electron chi connectivity index (χ4n) is 2.51. The first-order chi connectivity index (χ1) is 9.70. The van der Waals surface area contributed by atoms with Gasteiger partial charge in [0.25, 0.3) is 0 Å². The third kappa shape index (κ3) is 4.47. The molecule has 0 aromatic heterocycles. The van der Waals surface area contributed by atoms with E-state index in [1.807, 2.05) is 0 Å². The fraction of sp³-hybridized carbons (Fsp3) is 0.625. The van der Waals surface area contributed by atoms with Crippen molar-refractivity contribution in [2.45, 2.75) is 33.2 Å². The topological polar surface area (TPSA) is 30.5 Å². The Morgan fingerprint density at radius 3 is 2.80 bits per heavy atom. The summed E-state index contributed by atoms with van der Waals surface area (Å²) in [5.41, 5.74) is 2.42. The highest BCUT2D eigenvalue weighted by Crippen LogP contribution is 2.29. The van der Waals surface area contributed by atoms with E-state index in [-0.39, 0.29) is 0 Å². The highest BCUT2D eigenvalue weighted by atomic mass is 79.9. The Labute approximate surface area is 130 Å². The van der Waals surface area contributed by atoms with Gasteiger partial charge in [0.15, 0.2) is 0 Å². The summed E-state index contributed by atoms with van der Waals surface area (Å²) < 4.78 is 12.7. The molecule has 0 aliphatic carbocycles. The molecule has 2 rings (SSSR count). The van der Waals surface area contributed by atoms with E-state index in [0.29, 0.717) is 5.92 Å². The molecular formula is C16H24BrNO2. The molecule has 1 heterocycles. The lowest BCUT2D eigenvalue weighted by atomic mass is 10.0. The standard InChI is InChI=1S/C16H24BrNO2/c1-3-18-10-14-9-15(17)8-12(2)16(14)20-11-13-4-6-19-7-5-13/h8-9,13,18H,3-7,10-11H2,1-2H3. The maximum Gasteiger partial charge on any atom is 0.126 e. The molecule has 1 aromatic carbocycles. The number of hydrogen-bond donors (Lipinski definition) is 1. The number of halogens is 1. The lowest BCUT2D eigenvalue weighted by molar-refractivity contribution is 0.0495. The van der Waals surface area contributed by atoms with Crippen LogP contribution < -0.4 is 10.1 Å². The summed E-state index contributed by atoms with van der Waals surface area (Å²) in [6.45, 7) is 8.58. The second kappa shape index (κ2) is 8.01. The van der Waals surface area contributed by atoms with Crippen molar-refractivity contribution in [2.24, 2.45) is 5.92 Å². The van der Waals surface area contributed by atoms with Crippen molar-refractivity contribution in [3.05, 3.63) is 27.7 Å². The summed E-state index contributed by atoms with van der Waals surface area (Å²) in [4.78, 5) is 0. The molecule has 3 nitrogen and oxygen atoms in total. The minimum Gasteiger partial charge on any atom is -0.493 e. The molecule has 0 atom stereocenters. The number of nitrogens with one attached hydrogen (secondary N) is 1. The van der Waals surface area contributed by atoms with Gasteiger partial charge in [0.2, 0.25) is 0 Å². The van der Waals surface area contributed by atoms with Crippen LogP contribution in [0.25, 0.3) is 0 Å². The molecular weight excluding hydrogens is 318 g/mol. The van der Waals surface area contributed by atoms with E-state index in [4.69, 9.17) is 9.47 Å². The van der Waals surface area contributed by atoms with Gasteiger partial charge in [-0.05, 0) is 49.9 Å². The summed E-state index contributed by atoms with van der Waals surface area (Å²) in [6, 6.07) is 4.27. The maximum atomic E-state index is 6.14. The summed E-state index contributed by atoms with van der Waals surface area (Å²) >= 11 is 3.57. The van der Waals surface area contributed by atoms with E-state index in [1.54, 1.807) is 0 Å². The van der Waals surface area contributed by atoms with Gasteiger partial charge in [0.05, 0.1) is 6.61 Å². The van der Waals surface area contributed by atoms with Gasteiger partial charge in [0.1, 0.15) is 5.75 Å². The molecule has 0 unspecified atom stereocenters. The van der Waals surface area contributed by atoms with Crippen molar-refractivity contribution in [1.29, 1.82) is 0 Å². The Morgan fingerprint density at radius 2 is 2.10 bits per heavy atom. The van der Waals surface area contributed by atoms with Gasteiger partial charge >= 0.3 is 0 Å². The largest absolute Gasteiger partial charge is 0.493 e. The van der Waals surface area contributed by atoms with Crippen molar-refractivity contribution in [3.63, 3.8) is 0 Å². The number of aryl methyl sites for hydroxylation is 1. The van der Waals surface area contributed by atoms with E-state index in [0.717, 1.165) is 56.0 Å². The van der Waals surface area contributed by atoms with Crippen molar-refractivity contribution in [2.75, 3.05) is 26.4 Å². The molecule has 20 heavy (non-hydrogen) atoms. The summed E-state index contributed by atoms with van der Waals surface area (Å²) in [6.07, 6.45) is 2.22. The van der Waals surface area contributed by atoms with Gasteiger partial charge in [-0.25, -0.2) is 0 Å². The van der Waals surface area contributed by atoms with Crippen LogP contribution in [-0.4, -0.2) is 26.4 Å². The zero-order valence-electron chi connectivity index (χ0n) is 12.4. The molecule has 0 spiro atoms. The Hall–Kier alpha value is -0.580. The zero-order chi connectivity index (χ0) is 14.4. The van der Waals surface area contributed by atoms with Crippen molar-refractivity contribution in [3.8, 4) is 5.75 Å². The summed E-state index contributed by atoms with van der Waals surface area (Å²) in [5, 5.41) is 3.38. The quantitative estimate of drug-likeness (QED) is 0.856. The van der Waals surface area contributed by atoms with Crippen molar-refractivity contribution in [1.82, 2.24) is 5.32 Å². The number of ether oxygens (including phenoxy) is 2. The van der Waals surface area contributed by atoms with E-state index < -0.39 is 0 Å². The van der Waals surface area contributed by atoms with Gasteiger partial charge < -0.3 is 14.8 Å². The highest BCUT2D eigenvalue weighted by Gasteiger charge is 2.16. The van der Waals surface area contributed by atoms with Gasteiger partial charge in [-0.1, -0.05) is 22.9 Å². The molecule has 112 valence electrons. The van der Waals surface area contributed by atoms with Crippen molar-refractivity contribution < 1.29 is 9.47 Å². The van der Waals surface area contributed by atoms with Crippen LogP contribution in [0.5, 0.6) is 5.75 Å². The van der Waals surface area contributed by atoms with Gasteiger partial charge in [-0.2, -0.15) is 0 Å². The third-order valence-electron chi connectivity index (χ3n) is 3.69. The molecule has 0 radical (unpaired) electrons. The monoisotopic (exact) mass is 341 g/mol. The summed E-state index contributed by atoms with van der Waals surface area (Å²) in [5.74, 6) is 1.67. The number of rotatable bonds is 6. The van der Waals surface area contributed by atoms with Crippen LogP contribution in [0.4, 0.5) is 0 Å². The Morgan fingerprint density at radius 1 is 1.35 bits per heavy atom. The first-order valence-electron chi connectivity index (χ1n) is 7.41. The van der Waals surface area contributed by atoms with Crippen LogP contribution in [0.15, 0.2) is 16.6 Å². The van der Waals surface area contributed by atoms with Gasteiger partial charge in [-0.15, -0.1) is 0 Å². The molecule has 1 saturated heterocycles. The molecule has 4 heteroatoms.